The second-order valence-corrected chi connectivity index (χ2v) is 4.35. The predicted molar refractivity (Wildman–Crippen MR) is 91.8 cm³/mol. The second kappa shape index (κ2) is 10.8. The van der Waals surface area contributed by atoms with E-state index >= 15 is 0 Å². The molecule has 0 saturated carbocycles. The van der Waals surface area contributed by atoms with Crippen molar-refractivity contribution in [3.63, 3.8) is 0 Å². The molecule has 2 rings (SSSR count). The number of anilines is 1. The molecule has 1 aromatic carbocycles. The van der Waals surface area contributed by atoms with Gasteiger partial charge in [0.2, 0.25) is 5.91 Å². The number of nitrogens with zero attached hydrogens (tertiary/aromatic N) is 2. The topological polar surface area (TPSA) is 53.0 Å². The Morgan fingerprint density at radius 2 is 1.64 bits per heavy atom. The highest BCUT2D eigenvalue weighted by Gasteiger charge is 2.19. The van der Waals surface area contributed by atoms with Gasteiger partial charge in [0.05, 0.1) is 7.11 Å². The Kier molecular flexibility index (Phi) is 9.83. The smallest absolute Gasteiger partial charge is 0.219 e. The summed E-state index contributed by atoms with van der Waals surface area (Å²) in [5, 5.41) is 9.75. The van der Waals surface area contributed by atoms with Gasteiger partial charge in [-0.05, 0) is 12.1 Å². The summed E-state index contributed by atoms with van der Waals surface area (Å²) < 4.78 is 5.01. The molecule has 0 aliphatic carbocycles. The van der Waals surface area contributed by atoms with Gasteiger partial charge in [-0.25, -0.2) is 0 Å². The fourth-order valence-corrected chi connectivity index (χ4v) is 2.15. The van der Waals surface area contributed by atoms with Crippen LogP contribution in [0.2, 0.25) is 0 Å². The number of aromatic hydroxyl groups is 1. The zero-order valence-corrected chi connectivity index (χ0v) is 14.7. The Hall–Kier alpha value is -1.91. The molecule has 126 valence electrons. The highest BCUT2D eigenvalue weighted by Crippen LogP contribution is 2.30. The van der Waals surface area contributed by atoms with Gasteiger partial charge in [0.15, 0.2) is 11.5 Å². The van der Waals surface area contributed by atoms with Crippen LogP contribution in [0.4, 0.5) is 5.69 Å². The first kappa shape index (κ1) is 20.1. The van der Waals surface area contributed by atoms with E-state index in [1.807, 2.05) is 38.7 Å². The first-order chi connectivity index (χ1) is 10.6. The third-order valence-corrected chi connectivity index (χ3v) is 3.25. The van der Waals surface area contributed by atoms with Crippen LogP contribution in [0, 0.1) is 0 Å². The molecule has 1 aliphatic heterocycles. The molecule has 1 saturated heterocycles. The van der Waals surface area contributed by atoms with Crippen LogP contribution in [0.5, 0.6) is 11.5 Å². The average molecular weight is 310 g/mol. The molecule has 0 radical (unpaired) electrons. The van der Waals surface area contributed by atoms with Crippen molar-refractivity contribution in [2.24, 2.45) is 0 Å². The summed E-state index contributed by atoms with van der Waals surface area (Å²) in [7, 11) is 1.53. The monoisotopic (exact) mass is 310 g/mol. The van der Waals surface area contributed by atoms with E-state index in [0.29, 0.717) is 5.75 Å². The number of rotatable bonds is 2. The van der Waals surface area contributed by atoms with E-state index in [9.17, 15) is 9.90 Å². The maximum Gasteiger partial charge on any atom is 0.219 e. The van der Waals surface area contributed by atoms with Gasteiger partial charge in [-0.1, -0.05) is 27.7 Å². The number of carbonyl (C=O) groups excluding carboxylic acids is 1. The molecule has 0 atom stereocenters. The van der Waals surface area contributed by atoms with E-state index < -0.39 is 0 Å². The Morgan fingerprint density at radius 3 is 2.05 bits per heavy atom. The zero-order chi connectivity index (χ0) is 17.1. The standard InChI is InChI=1S/C13H18N2O3.2C2H6/c1-10(16)14-5-7-15(8-6-14)11-3-4-13(18-2)12(17)9-11;2*1-2/h3-4,9,17H,5-8H2,1-2H3;2*1-2H3. The Labute approximate surface area is 134 Å². The van der Waals surface area contributed by atoms with Crippen LogP contribution in [-0.2, 0) is 4.79 Å². The van der Waals surface area contributed by atoms with Crippen molar-refractivity contribution in [1.29, 1.82) is 0 Å². The highest BCUT2D eigenvalue weighted by atomic mass is 16.5. The van der Waals surface area contributed by atoms with E-state index in [1.54, 1.807) is 19.1 Å². The summed E-state index contributed by atoms with van der Waals surface area (Å²) in [6.45, 7) is 12.6. The van der Waals surface area contributed by atoms with Crippen LogP contribution in [0.3, 0.4) is 0 Å². The van der Waals surface area contributed by atoms with Gasteiger partial charge < -0.3 is 19.6 Å². The number of hydrogen-bond acceptors (Lipinski definition) is 4. The number of phenolic OH excluding ortho intramolecular Hbond substituents is 1. The summed E-state index contributed by atoms with van der Waals surface area (Å²) in [6.07, 6.45) is 0. The lowest BCUT2D eigenvalue weighted by Crippen LogP contribution is -2.48. The van der Waals surface area contributed by atoms with E-state index in [-0.39, 0.29) is 11.7 Å². The van der Waals surface area contributed by atoms with Gasteiger partial charge in [-0.3, -0.25) is 4.79 Å². The molecule has 22 heavy (non-hydrogen) atoms. The first-order valence-corrected chi connectivity index (χ1v) is 7.99. The number of phenols is 1. The number of amides is 1. The summed E-state index contributed by atoms with van der Waals surface area (Å²) in [4.78, 5) is 15.2. The molecule has 1 heterocycles. The minimum Gasteiger partial charge on any atom is -0.504 e. The van der Waals surface area contributed by atoms with Crippen molar-refractivity contribution < 1.29 is 14.6 Å². The number of carbonyl (C=O) groups is 1. The van der Waals surface area contributed by atoms with Crippen molar-refractivity contribution in [2.75, 3.05) is 38.2 Å². The molecule has 1 amide bonds. The lowest BCUT2D eigenvalue weighted by atomic mass is 10.2. The third kappa shape index (κ3) is 5.47. The first-order valence-electron chi connectivity index (χ1n) is 7.99. The molecule has 1 fully saturated rings. The molecule has 5 nitrogen and oxygen atoms in total. The average Bonchev–Trinajstić information content (AvgIpc) is 2.58. The highest BCUT2D eigenvalue weighted by molar-refractivity contribution is 5.73. The maximum atomic E-state index is 11.2. The summed E-state index contributed by atoms with van der Waals surface area (Å²) in [6, 6.07) is 5.37. The van der Waals surface area contributed by atoms with Gasteiger partial charge in [-0.15, -0.1) is 0 Å². The minimum absolute atomic E-state index is 0.118. The third-order valence-electron chi connectivity index (χ3n) is 3.25. The summed E-state index contributed by atoms with van der Waals surface area (Å²) in [5.41, 5.74) is 0.955. The SMILES string of the molecule is CC.CC.COc1ccc(N2CCN(C(C)=O)CC2)cc1O. The fourth-order valence-electron chi connectivity index (χ4n) is 2.15. The van der Waals surface area contributed by atoms with Crippen LogP contribution < -0.4 is 9.64 Å². The van der Waals surface area contributed by atoms with Crippen LogP contribution >= 0.6 is 0 Å². The van der Waals surface area contributed by atoms with E-state index in [2.05, 4.69) is 4.90 Å². The van der Waals surface area contributed by atoms with Crippen molar-refractivity contribution >= 4 is 11.6 Å². The Balaban J connectivity index is 0.00000102. The number of methoxy groups -OCH3 is 1. The van der Waals surface area contributed by atoms with Crippen LogP contribution in [0.1, 0.15) is 34.6 Å². The largest absolute Gasteiger partial charge is 0.504 e. The Bertz CT molecular complexity index is 442. The number of benzene rings is 1. The quantitative estimate of drug-likeness (QED) is 0.912. The van der Waals surface area contributed by atoms with E-state index in [4.69, 9.17) is 4.74 Å². The van der Waals surface area contributed by atoms with E-state index in [0.717, 1.165) is 31.9 Å². The van der Waals surface area contributed by atoms with Gasteiger partial charge in [0, 0.05) is 44.9 Å². The lowest BCUT2D eigenvalue weighted by molar-refractivity contribution is -0.129. The molecule has 0 bridgehead atoms. The summed E-state index contributed by atoms with van der Waals surface area (Å²) in [5.74, 6) is 0.734. The molecular formula is C17H30N2O3. The fraction of sp³-hybridized carbons (Fsp3) is 0.588. The normalized spacial score (nSPS) is 13.4. The van der Waals surface area contributed by atoms with Crippen molar-refractivity contribution in [3.8, 4) is 11.5 Å². The molecule has 0 spiro atoms. The number of hydrogen-bond donors (Lipinski definition) is 1. The van der Waals surface area contributed by atoms with Gasteiger partial charge in [0.25, 0.3) is 0 Å². The number of piperazine rings is 1. The maximum absolute atomic E-state index is 11.2. The van der Waals surface area contributed by atoms with Crippen molar-refractivity contribution in [2.45, 2.75) is 34.6 Å². The van der Waals surface area contributed by atoms with Crippen molar-refractivity contribution in [3.05, 3.63) is 18.2 Å². The number of ether oxygens (including phenoxy) is 1. The molecule has 1 aliphatic rings. The molecule has 1 N–H and O–H groups in total. The van der Waals surface area contributed by atoms with Crippen LogP contribution in [0.25, 0.3) is 0 Å². The van der Waals surface area contributed by atoms with Gasteiger partial charge in [-0.2, -0.15) is 0 Å². The van der Waals surface area contributed by atoms with E-state index in [1.165, 1.54) is 7.11 Å². The van der Waals surface area contributed by atoms with Crippen LogP contribution in [0.15, 0.2) is 18.2 Å². The lowest BCUT2D eigenvalue weighted by Gasteiger charge is -2.35. The second-order valence-electron chi connectivity index (χ2n) is 4.35. The molecule has 5 heteroatoms. The zero-order valence-electron chi connectivity index (χ0n) is 14.7. The predicted octanol–water partition coefficient (Wildman–Crippen LogP) is 3.12. The molecule has 0 unspecified atom stereocenters. The molecule has 1 aromatic rings. The van der Waals surface area contributed by atoms with Gasteiger partial charge >= 0.3 is 0 Å². The minimum atomic E-state index is 0.118. The molecule has 0 aromatic heterocycles. The summed E-state index contributed by atoms with van der Waals surface area (Å²) >= 11 is 0. The Morgan fingerprint density at radius 1 is 1.09 bits per heavy atom. The van der Waals surface area contributed by atoms with Crippen LogP contribution in [-0.4, -0.2) is 49.2 Å². The van der Waals surface area contributed by atoms with Gasteiger partial charge in [0.1, 0.15) is 0 Å². The molecular weight excluding hydrogens is 280 g/mol. The van der Waals surface area contributed by atoms with Crippen molar-refractivity contribution in [1.82, 2.24) is 4.90 Å².